The summed E-state index contributed by atoms with van der Waals surface area (Å²) < 4.78 is 0. The highest BCUT2D eigenvalue weighted by Gasteiger charge is 2.13. The largest absolute Gasteiger partial charge is 0.311 e. The van der Waals surface area contributed by atoms with Crippen LogP contribution in [-0.4, -0.2) is 36.1 Å². The van der Waals surface area contributed by atoms with Gasteiger partial charge in [-0.05, 0) is 45.3 Å². The molecule has 0 saturated carbocycles. The number of hydrogen-bond donors (Lipinski definition) is 1. The van der Waals surface area contributed by atoms with Gasteiger partial charge < -0.3 is 10.2 Å². The molecule has 4 heteroatoms. The molecule has 1 aliphatic rings. The van der Waals surface area contributed by atoms with Gasteiger partial charge in [-0.3, -0.25) is 0 Å². The van der Waals surface area contributed by atoms with E-state index in [4.69, 9.17) is 0 Å². The molecule has 1 saturated heterocycles. The summed E-state index contributed by atoms with van der Waals surface area (Å²) in [5.41, 5.74) is 3.11. The molecule has 2 heterocycles. The average Bonchev–Trinajstić information content (AvgIpc) is 2.76. The van der Waals surface area contributed by atoms with E-state index in [1.807, 2.05) is 5.51 Å². The highest BCUT2D eigenvalue weighted by molar-refractivity contribution is 7.09. The van der Waals surface area contributed by atoms with E-state index in [0.717, 1.165) is 19.0 Å². The molecule has 1 aromatic heterocycles. The van der Waals surface area contributed by atoms with Crippen LogP contribution in [0.3, 0.4) is 0 Å². The van der Waals surface area contributed by atoms with Gasteiger partial charge in [0.15, 0.2) is 0 Å². The molecule has 0 radical (unpaired) electrons. The van der Waals surface area contributed by atoms with Crippen LogP contribution >= 0.6 is 11.3 Å². The summed E-state index contributed by atoms with van der Waals surface area (Å²) in [5.74, 6) is 0.733. The van der Waals surface area contributed by atoms with Crippen LogP contribution in [0.15, 0.2) is 5.51 Å². The number of piperidine rings is 1. The molecule has 1 N–H and O–H groups in total. The maximum atomic E-state index is 4.28. The minimum absolute atomic E-state index is 0.733. The summed E-state index contributed by atoms with van der Waals surface area (Å²) in [6.45, 7) is 10.4. The van der Waals surface area contributed by atoms with E-state index in [1.165, 1.54) is 49.5 Å². The lowest BCUT2D eigenvalue weighted by Gasteiger charge is -2.29. The number of nitrogens with zero attached hydrogens (tertiary/aromatic N) is 2. The third-order valence-corrected chi connectivity index (χ3v) is 4.58. The van der Waals surface area contributed by atoms with Crippen LogP contribution in [0.4, 0.5) is 0 Å². The quantitative estimate of drug-likeness (QED) is 0.859. The molecular formula is C14H25N3S. The molecular weight excluding hydrogens is 242 g/mol. The lowest BCUT2D eigenvalue weighted by Crippen LogP contribution is -2.36. The van der Waals surface area contributed by atoms with E-state index >= 15 is 0 Å². The van der Waals surface area contributed by atoms with Crippen LogP contribution in [-0.2, 0) is 6.54 Å². The smallest absolute Gasteiger partial charge is 0.0798 e. The van der Waals surface area contributed by atoms with Crippen LogP contribution in [0.1, 0.15) is 36.8 Å². The summed E-state index contributed by atoms with van der Waals surface area (Å²) in [6.07, 6.45) is 4.20. The first-order valence-electron chi connectivity index (χ1n) is 7.07. The van der Waals surface area contributed by atoms with Crippen molar-refractivity contribution in [2.75, 3.05) is 26.2 Å². The predicted octanol–water partition coefficient (Wildman–Crippen LogP) is 2.66. The Morgan fingerprint density at radius 2 is 2.17 bits per heavy atom. The number of thiazole rings is 1. The molecule has 0 spiro atoms. The van der Waals surface area contributed by atoms with Crippen molar-refractivity contribution in [1.82, 2.24) is 15.2 Å². The third kappa shape index (κ3) is 4.34. The van der Waals surface area contributed by atoms with E-state index in [1.54, 1.807) is 11.3 Å². The Balaban J connectivity index is 1.62. The molecule has 1 unspecified atom stereocenters. The Labute approximate surface area is 115 Å². The molecule has 1 aliphatic heterocycles. The van der Waals surface area contributed by atoms with Gasteiger partial charge in [0.05, 0.1) is 11.2 Å². The number of rotatable bonds is 6. The van der Waals surface area contributed by atoms with Crippen molar-refractivity contribution in [3.05, 3.63) is 16.1 Å². The lowest BCUT2D eigenvalue weighted by atomic mass is 10.1. The van der Waals surface area contributed by atoms with Crippen LogP contribution in [0, 0.1) is 12.8 Å². The summed E-state index contributed by atoms with van der Waals surface area (Å²) in [4.78, 5) is 8.27. The minimum Gasteiger partial charge on any atom is -0.311 e. The highest BCUT2D eigenvalue weighted by atomic mass is 32.1. The van der Waals surface area contributed by atoms with Crippen molar-refractivity contribution in [2.24, 2.45) is 5.92 Å². The molecule has 0 aromatic carbocycles. The Morgan fingerprint density at radius 1 is 1.39 bits per heavy atom. The van der Waals surface area contributed by atoms with Crippen molar-refractivity contribution in [3.63, 3.8) is 0 Å². The second kappa shape index (κ2) is 7.22. The maximum Gasteiger partial charge on any atom is 0.0798 e. The van der Waals surface area contributed by atoms with Gasteiger partial charge in [0.1, 0.15) is 0 Å². The third-order valence-electron chi connectivity index (χ3n) is 3.64. The molecule has 18 heavy (non-hydrogen) atoms. The summed E-state index contributed by atoms with van der Waals surface area (Å²) in [6, 6.07) is 0. The molecule has 3 nitrogen and oxygen atoms in total. The summed E-state index contributed by atoms with van der Waals surface area (Å²) in [7, 11) is 0. The first kappa shape index (κ1) is 14.0. The number of hydrogen-bond acceptors (Lipinski definition) is 4. The zero-order valence-corrected chi connectivity index (χ0v) is 12.4. The molecule has 0 bridgehead atoms. The van der Waals surface area contributed by atoms with E-state index in [9.17, 15) is 0 Å². The van der Waals surface area contributed by atoms with Gasteiger partial charge in [0.25, 0.3) is 0 Å². The SMILES string of the molecule is Cc1ncsc1CNCC(C)CN1CCCCC1. The molecule has 102 valence electrons. The molecule has 0 aliphatic carbocycles. The van der Waals surface area contributed by atoms with Gasteiger partial charge >= 0.3 is 0 Å². The van der Waals surface area contributed by atoms with Crippen molar-refractivity contribution in [3.8, 4) is 0 Å². The van der Waals surface area contributed by atoms with Gasteiger partial charge in [0, 0.05) is 18.0 Å². The van der Waals surface area contributed by atoms with Crippen molar-refractivity contribution >= 4 is 11.3 Å². The van der Waals surface area contributed by atoms with E-state index in [0.29, 0.717) is 0 Å². The summed E-state index contributed by atoms with van der Waals surface area (Å²) >= 11 is 1.75. The predicted molar refractivity (Wildman–Crippen MR) is 78.0 cm³/mol. The average molecular weight is 267 g/mol. The van der Waals surface area contributed by atoms with Gasteiger partial charge in [0.2, 0.25) is 0 Å². The van der Waals surface area contributed by atoms with Crippen LogP contribution in [0.2, 0.25) is 0 Å². The number of likely N-dealkylation sites (tertiary alicyclic amines) is 1. The van der Waals surface area contributed by atoms with Crippen LogP contribution in [0.25, 0.3) is 0 Å². The van der Waals surface area contributed by atoms with Gasteiger partial charge in [-0.15, -0.1) is 11.3 Å². The molecule has 1 atom stereocenters. The van der Waals surface area contributed by atoms with Crippen LogP contribution < -0.4 is 5.32 Å². The molecule has 1 aromatic rings. The molecule has 2 rings (SSSR count). The standard InChI is InChI=1S/C14H25N3S/c1-12(10-17-6-4-3-5-7-17)8-15-9-14-13(2)16-11-18-14/h11-12,15H,3-10H2,1-2H3. The Kier molecular flexibility index (Phi) is 5.60. The van der Waals surface area contributed by atoms with Crippen molar-refractivity contribution < 1.29 is 0 Å². The fraction of sp³-hybridized carbons (Fsp3) is 0.786. The zero-order valence-electron chi connectivity index (χ0n) is 11.6. The second-order valence-electron chi connectivity index (χ2n) is 5.46. The Bertz CT molecular complexity index is 345. The Hall–Kier alpha value is -0.450. The number of aromatic nitrogens is 1. The van der Waals surface area contributed by atoms with E-state index < -0.39 is 0 Å². The summed E-state index contributed by atoms with van der Waals surface area (Å²) in [5, 5.41) is 3.56. The highest BCUT2D eigenvalue weighted by Crippen LogP contribution is 2.12. The van der Waals surface area contributed by atoms with Crippen molar-refractivity contribution in [1.29, 1.82) is 0 Å². The molecule has 0 amide bonds. The van der Waals surface area contributed by atoms with Crippen molar-refractivity contribution in [2.45, 2.75) is 39.7 Å². The second-order valence-corrected chi connectivity index (χ2v) is 6.40. The zero-order chi connectivity index (χ0) is 12.8. The fourth-order valence-electron chi connectivity index (χ4n) is 2.58. The Morgan fingerprint density at radius 3 is 2.83 bits per heavy atom. The van der Waals surface area contributed by atoms with Crippen LogP contribution in [0.5, 0.6) is 0 Å². The van der Waals surface area contributed by atoms with E-state index in [-0.39, 0.29) is 0 Å². The fourth-order valence-corrected chi connectivity index (χ4v) is 3.32. The minimum atomic E-state index is 0.733. The van der Waals surface area contributed by atoms with Gasteiger partial charge in [-0.2, -0.15) is 0 Å². The van der Waals surface area contributed by atoms with E-state index in [2.05, 4.69) is 29.0 Å². The normalized spacial score (nSPS) is 19.0. The number of nitrogens with one attached hydrogen (secondary N) is 1. The maximum absolute atomic E-state index is 4.28. The van der Waals surface area contributed by atoms with Gasteiger partial charge in [-0.1, -0.05) is 13.3 Å². The lowest BCUT2D eigenvalue weighted by molar-refractivity contribution is 0.199. The number of aryl methyl sites for hydroxylation is 1. The monoisotopic (exact) mass is 267 g/mol. The first-order chi connectivity index (χ1) is 8.75. The molecule has 1 fully saturated rings. The first-order valence-corrected chi connectivity index (χ1v) is 7.95. The van der Waals surface area contributed by atoms with Gasteiger partial charge in [-0.25, -0.2) is 4.98 Å². The topological polar surface area (TPSA) is 28.2 Å².